The summed E-state index contributed by atoms with van der Waals surface area (Å²) in [5.74, 6) is 0.366. The fourth-order valence-corrected chi connectivity index (χ4v) is 3.46. The number of rotatable bonds is 7. The SMILES string of the molecule is CCC1CN(CC(NC2CC2)(C(=O)OC)C2CC2)CCO1. The summed E-state index contributed by atoms with van der Waals surface area (Å²) in [5, 5.41) is 3.64. The van der Waals surface area contributed by atoms with Gasteiger partial charge >= 0.3 is 5.97 Å². The first-order valence-corrected chi connectivity index (χ1v) is 8.38. The lowest BCUT2D eigenvalue weighted by Crippen LogP contribution is -2.63. The molecule has 5 heteroatoms. The number of hydrogen-bond acceptors (Lipinski definition) is 5. The van der Waals surface area contributed by atoms with Crippen LogP contribution in [0.3, 0.4) is 0 Å². The average molecular weight is 296 g/mol. The lowest BCUT2D eigenvalue weighted by Gasteiger charge is -2.40. The Morgan fingerprint density at radius 2 is 2.14 bits per heavy atom. The summed E-state index contributed by atoms with van der Waals surface area (Å²) < 4.78 is 10.9. The molecule has 0 aromatic heterocycles. The Labute approximate surface area is 127 Å². The van der Waals surface area contributed by atoms with Gasteiger partial charge in [0.2, 0.25) is 0 Å². The summed E-state index contributed by atoms with van der Waals surface area (Å²) in [6.07, 6.45) is 5.97. The summed E-state index contributed by atoms with van der Waals surface area (Å²) in [6, 6.07) is 0.507. The summed E-state index contributed by atoms with van der Waals surface area (Å²) >= 11 is 0. The third-order valence-electron chi connectivity index (χ3n) is 5.01. The second-order valence-electron chi connectivity index (χ2n) is 6.79. The van der Waals surface area contributed by atoms with E-state index in [9.17, 15) is 4.79 Å². The van der Waals surface area contributed by atoms with Crippen LogP contribution >= 0.6 is 0 Å². The van der Waals surface area contributed by atoms with Crippen molar-refractivity contribution in [3.05, 3.63) is 0 Å². The summed E-state index contributed by atoms with van der Waals surface area (Å²) in [6.45, 7) is 5.53. The number of carbonyl (C=O) groups is 1. The minimum absolute atomic E-state index is 0.0727. The van der Waals surface area contributed by atoms with Gasteiger partial charge in [0, 0.05) is 25.7 Å². The number of hydrogen-bond donors (Lipinski definition) is 1. The van der Waals surface area contributed by atoms with Crippen LogP contribution in [0.4, 0.5) is 0 Å². The number of morpholine rings is 1. The zero-order valence-corrected chi connectivity index (χ0v) is 13.3. The smallest absolute Gasteiger partial charge is 0.327 e. The quantitative estimate of drug-likeness (QED) is 0.715. The van der Waals surface area contributed by atoms with Crippen LogP contribution in [0.1, 0.15) is 39.0 Å². The number of esters is 1. The van der Waals surface area contributed by atoms with Crippen molar-refractivity contribution in [2.45, 2.75) is 56.7 Å². The molecule has 0 aromatic carbocycles. The lowest BCUT2D eigenvalue weighted by atomic mass is 9.91. The van der Waals surface area contributed by atoms with E-state index in [-0.39, 0.29) is 5.97 Å². The van der Waals surface area contributed by atoms with Crippen LogP contribution in [-0.2, 0) is 14.3 Å². The van der Waals surface area contributed by atoms with Crippen LogP contribution in [0.5, 0.6) is 0 Å². The molecule has 0 spiro atoms. The Hall–Kier alpha value is -0.650. The Kier molecular flexibility index (Phi) is 4.52. The van der Waals surface area contributed by atoms with Gasteiger partial charge < -0.3 is 9.47 Å². The molecule has 2 unspecified atom stereocenters. The van der Waals surface area contributed by atoms with Crippen molar-refractivity contribution in [1.29, 1.82) is 0 Å². The Balaban J connectivity index is 1.72. The minimum atomic E-state index is -0.494. The van der Waals surface area contributed by atoms with Crippen molar-refractivity contribution >= 4 is 5.97 Å². The second-order valence-corrected chi connectivity index (χ2v) is 6.79. The van der Waals surface area contributed by atoms with E-state index in [0.717, 1.165) is 45.5 Å². The van der Waals surface area contributed by atoms with E-state index in [4.69, 9.17) is 9.47 Å². The fourth-order valence-electron chi connectivity index (χ4n) is 3.46. The van der Waals surface area contributed by atoms with Crippen molar-refractivity contribution < 1.29 is 14.3 Å². The summed E-state index contributed by atoms with van der Waals surface area (Å²) in [4.78, 5) is 15.0. The topological polar surface area (TPSA) is 50.8 Å². The van der Waals surface area contributed by atoms with Gasteiger partial charge in [0.1, 0.15) is 5.54 Å². The van der Waals surface area contributed by atoms with E-state index in [1.54, 1.807) is 0 Å². The van der Waals surface area contributed by atoms with E-state index in [0.29, 0.717) is 18.1 Å². The zero-order chi connectivity index (χ0) is 14.9. The molecule has 1 heterocycles. The first kappa shape index (κ1) is 15.3. The van der Waals surface area contributed by atoms with Crippen LogP contribution < -0.4 is 5.32 Å². The fraction of sp³-hybridized carbons (Fsp3) is 0.938. The highest BCUT2D eigenvalue weighted by Gasteiger charge is 2.54. The van der Waals surface area contributed by atoms with E-state index in [1.807, 2.05) is 0 Å². The lowest BCUT2D eigenvalue weighted by molar-refractivity contribution is -0.152. The number of carbonyl (C=O) groups excluding carboxylic acids is 1. The highest BCUT2D eigenvalue weighted by molar-refractivity contribution is 5.82. The molecule has 2 saturated carbocycles. The van der Waals surface area contributed by atoms with E-state index >= 15 is 0 Å². The highest BCUT2D eigenvalue weighted by Crippen LogP contribution is 2.43. The van der Waals surface area contributed by atoms with E-state index < -0.39 is 5.54 Å². The van der Waals surface area contributed by atoms with Crippen molar-refractivity contribution in [1.82, 2.24) is 10.2 Å². The molecule has 5 nitrogen and oxygen atoms in total. The van der Waals surface area contributed by atoms with Crippen molar-refractivity contribution in [2.24, 2.45) is 5.92 Å². The molecule has 3 fully saturated rings. The molecule has 21 heavy (non-hydrogen) atoms. The predicted octanol–water partition coefficient (Wildman–Crippen LogP) is 1.17. The first-order valence-electron chi connectivity index (χ1n) is 8.38. The van der Waals surface area contributed by atoms with Gasteiger partial charge in [0.25, 0.3) is 0 Å². The molecule has 0 amide bonds. The van der Waals surface area contributed by atoms with Gasteiger partial charge in [-0.3, -0.25) is 10.2 Å². The van der Waals surface area contributed by atoms with Gasteiger partial charge in [-0.15, -0.1) is 0 Å². The van der Waals surface area contributed by atoms with Gasteiger partial charge in [-0.2, -0.15) is 0 Å². The van der Waals surface area contributed by atoms with Gasteiger partial charge in [-0.1, -0.05) is 6.92 Å². The Morgan fingerprint density at radius 3 is 2.71 bits per heavy atom. The molecule has 120 valence electrons. The summed E-state index contributed by atoms with van der Waals surface area (Å²) in [5.41, 5.74) is -0.494. The van der Waals surface area contributed by atoms with Gasteiger partial charge in [-0.25, -0.2) is 4.79 Å². The van der Waals surface area contributed by atoms with Crippen molar-refractivity contribution in [3.63, 3.8) is 0 Å². The first-order chi connectivity index (χ1) is 10.2. The van der Waals surface area contributed by atoms with Crippen molar-refractivity contribution in [2.75, 3.05) is 33.4 Å². The number of ether oxygens (including phenoxy) is 2. The van der Waals surface area contributed by atoms with Crippen LogP contribution in [0, 0.1) is 5.92 Å². The maximum Gasteiger partial charge on any atom is 0.327 e. The molecule has 1 aliphatic heterocycles. The molecular formula is C16H28N2O3. The Bertz CT molecular complexity index is 382. The molecule has 0 bridgehead atoms. The van der Waals surface area contributed by atoms with Crippen LogP contribution in [-0.4, -0.2) is 61.9 Å². The van der Waals surface area contributed by atoms with Gasteiger partial charge in [0.05, 0.1) is 19.8 Å². The minimum Gasteiger partial charge on any atom is -0.468 e. The number of nitrogens with one attached hydrogen (secondary N) is 1. The van der Waals surface area contributed by atoms with Gasteiger partial charge in [-0.05, 0) is 38.0 Å². The van der Waals surface area contributed by atoms with Crippen molar-refractivity contribution in [3.8, 4) is 0 Å². The number of methoxy groups -OCH3 is 1. The molecular weight excluding hydrogens is 268 g/mol. The molecule has 0 radical (unpaired) electrons. The molecule has 2 atom stereocenters. The molecule has 1 N–H and O–H groups in total. The predicted molar refractivity (Wildman–Crippen MR) is 80.1 cm³/mol. The molecule has 0 aromatic rings. The van der Waals surface area contributed by atoms with Crippen LogP contribution in [0.15, 0.2) is 0 Å². The monoisotopic (exact) mass is 296 g/mol. The largest absolute Gasteiger partial charge is 0.468 e. The maximum absolute atomic E-state index is 12.6. The molecule has 2 aliphatic carbocycles. The third-order valence-corrected chi connectivity index (χ3v) is 5.01. The van der Waals surface area contributed by atoms with Crippen LogP contribution in [0.2, 0.25) is 0 Å². The maximum atomic E-state index is 12.6. The van der Waals surface area contributed by atoms with Gasteiger partial charge in [0.15, 0.2) is 0 Å². The summed E-state index contributed by atoms with van der Waals surface area (Å²) in [7, 11) is 1.52. The molecule has 3 aliphatic rings. The zero-order valence-electron chi connectivity index (χ0n) is 13.3. The molecule has 3 rings (SSSR count). The second kappa shape index (κ2) is 6.23. The standard InChI is InChI=1S/C16H28N2O3/c1-3-14-10-18(8-9-21-14)11-16(12-4-5-12,15(19)20-2)17-13-6-7-13/h12-14,17H,3-11H2,1-2H3. The average Bonchev–Trinajstić information content (AvgIpc) is 3.38. The van der Waals surface area contributed by atoms with E-state index in [2.05, 4.69) is 17.1 Å². The normalized spacial score (nSPS) is 29.9. The number of nitrogens with zero attached hydrogens (tertiary/aromatic N) is 1. The highest BCUT2D eigenvalue weighted by atomic mass is 16.5. The van der Waals surface area contributed by atoms with Crippen LogP contribution in [0.25, 0.3) is 0 Å². The van der Waals surface area contributed by atoms with E-state index in [1.165, 1.54) is 20.0 Å². The Morgan fingerprint density at radius 1 is 1.38 bits per heavy atom. The third kappa shape index (κ3) is 3.41. The molecule has 1 saturated heterocycles.